The van der Waals surface area contributed by atoms with E-state index < -0.39 is 10.0 Å². The summed E-state index contributed by atoms with van der Waals surface area (Å²) in [4.78, 5) is 20.3. The highest BCUT2D eigenvalue weighted by Crippen LogP contribution is 2.16. The van der Waals surface area contributed by atoms with Crippen LogP contribution in [0.4, 0.5) is 0 Å². The van der Waals surface area contributed by atoms with Gasteiger partial charge >= 0.3 is 0 Å². The topological polar surface area (TPSA) is 73.8 Å². The van der Waals surface area contributed by atoms with E-state index in [9.17, 15) is 13.2 Å². The standard InChI is InChI=1S/C15H24N4O3S/c1-17(2)15(20)13-10-18(12-14-6-4-5-7-16-14)8-9-19(11-13)23(3,21)22/h4-7,13H,8-12H2,1-3H3/t13-/m1/s1. The average molecular weight is 340 g/mol. The molecule has 0 bridgehead atoms. The molecule has 1 aromatic rings. The SMILES string of the molecule is CN(C)C(=O)[C@@H]1CN(Cc2ccccn2)CCN(S(C)(=O)=O)C1. The third-order valence-electron chi connectivity index (χ3n) is 3.94. The van der Waals surface area contributed by atoms with E-state index >= 15 is 0 Å². The number of hydrogen-bond donors (Lipinski definition) is 0. The third kappa shape index (κ3) is 4.98. The first-order chi connectivity index (χ1) is 10.8. The highest BCUT2D eigenvalue weighted by atomic mass is 32.2. The highest BCUT2D eigenvalue weighted by molar-refractivity contribution is 7.88. The summed E-state index contributed by atoms with van der Waals surface area (Å²) in [7, 11) is 0.0737. The van der Waals surface area contributed by atoms with Crippen LogP contribution in [0.2, 0.25) is 0 Å². The Morgan fingerprint density at radius 2 is 2.04 bits per heavy atom. The summed E-state index contributed by atoms with van der Waals surface area (Å²) >= 11 is 0. The molecule has 1 fully saturated rings. The number of pyridine rings is 1. The van der Waals surface area contributed by atoms with Crippen LogP contribution in [0, 0.1) is 5.92 Å². The van der Waals surface area contributed by atoms with Crippen molar-refractivity contribution < 1.29 is 13.2 Å². The molecule has 0 aromatic carbocycles. The lowest BCUT2D eigenvalue weighted by Crippen LogP contribution is -2.41. The van der Waals surface area contributed by atoms with Crippen LogP contribution in [0.25, 0.3) is 0 Å². The van der Waals surface area contributed by atoms with Gasteiger partial charge in [-0.15, -0.1) is 0 Å². The van der Waals surface area contributed by atoms with Crippen molar-refractivity contribution >= 4 is 15.9 Å². The number of amides is 1. The fourth-order valence-corrected chi connectivity index (χ4v) is 3.60. The molecule has 1 saturated heterocycles. The molecule has 2 heterocycles. The van der Waals surface area contributed by atoms with Gasteiger partial charge in [-0.25, -0.2) is 12.7 Å². The van der Waals surface area contributed by atoms with Crippen molar-refractivity contribution in [3.05, 3.63) is 30.1 Å². The molecule has 0 spiro atoms. The van der Waals surface area contributed by atoms with Crippen molar-refractivity contribution in [2.75, 3.05) is 46.5 Å². The van der Waals surface area contributed by atoms with Gasteiger partial charge in [0.1, 0.15) is 0 Å². The van der Waals surface area contributed by atoms with E-state index in [1.165, 1.54) is 15.5 Å². The first-order valence-electron chi connectivity index (χ1n) is 7.56. The molecular formula is C15H24N4O3S. The van der Waals surface area contributed by atoms with Crippen LogP contribution >= 0.6 is 0 Å². The fraction of sp³-hybridized carbons (Fsp3) is 0.600. The van der Waals surface area contributed by atoms with Crippen molar-refractivity contribution in [1.29, 1.82) is 0 Å². The molecular weight excluding hydrogens is 316 g/mol. The first-order valence-corrected chi connectivity index (χ1v) is 9.40. The maximum absolute atomic E-state index is 12.4. The predicted octanol–water partition coefficient (Wildman–Crippen LogP) is -0.137. The Balaban J connectivity index is 2.17. The Labute approximate surface area is 137 Å². The average Bonchev–Trinajstić information content (AvgIpc) is 2.70. The number of carbonyl (C=O) groups excluding carboxylic acids is 1. The van der Waals surface area contributed by atoms with Gasteiger partial charge in [0.05, 0.1) is 17.9 Å². The molecule has 8 heteroatoms. The number of carbonyl (C=O) groups is 1. The molecule has 0 saturated carbocycles. The van der Waals surface area contributed by atoms with Crippen LogP contribution in [-0.2, 0) is 21.4 Å². The summed E-state index contributed by atoms with van der Waals surface area (Å²) in [5, 5.41) is 0. The van der Waals surface area contributed by atoms with Crippen LogP contribution in [-0.4, -0.2) is 79.9 Å². The number of nitrogens with zero attached hydrogens (tertiary/aromatic N) is 4. The van der Waals surface area contributed by atoms with Crippen molar-refractivity contribution in [2.45, 2.75) is 6.54 Å². The minimum absolute atomic E-state index is 0.0495. The molecule has 1 amide bonds. The molecule has 0 unspecified atom stereocenters. The summed E-state index contributed by atoms with van der Waals surface area (Å²) in [6, 6.07) is 5.71. The van der Waals surface area contributed by atoms with Crippen molar-refractivity contribution in [1.82, 2.24) is 19.1 Å². The Bertz CT molecular complexity index is 633. The Hall–Kier alpha value is -1.51. The minimum atomic E-state index is -3.32. The zero-order chi connectivity index (χ0) is 17.0. The smallest absolute Gasteiger partial charge is 0.227 e. The highest BCUT2D eigenvalue weighted by Gasteiger charge is 2.32. The summed E-state index contributed by atoms with van der Waals surface area (Å²) in [5.41, 5.74) is 0.913. The van der Waals surface area contributed by atoms with Gasteiger partial charge in [-0.2, -0.15) is 0 Å². The number of aromatic nitrogens is 1. The van der Waals surface area contributed by atoms with Crippen LogP contribution in [0.1, 0.15) is 5.69 Å². The van der Waals surface area contributed by atoms with Gasteiger partial charge in [-0.3, -0.25) is 14.7 Å². The Morgan fingerprint density at radius 3 is 2.61 bits per heavy atom. The lowest BCUT2D eigenvalue weighted by atomic mass is 10.1. The molecule has 1 aliphatic heterocycles. The molecule has 1 aromatic heterocycles. The summed E-state index contributed by atoms with van der Waals surface area (Å²) in [5.74, 6) is -0.419. The lowest BCUT2D eigenvalue weighted by molar-refractivity contribution is -0.133. The molecule has 23 heavy (non-hydrogen) atoms. The zero-order valence-corrected chi connectivity index (χ0v) is 14.7. The van der Waals surface area contributed by atoms with Crippen LogP contribution in [0.15, 0.2) is 24.4 Å². The molecule has 0 radical (unpaired) electrons. The molecule has 0 aliphatic carbocycles. The third-order valence-corrected chi connectivity index (χ3v) is 5.21. The van der Waals surface area contributed by atoms with Crippen molar-refractivity contribution in [3.8, 4) is 0 Å². The molecule has 7 nitrogen and oxygen atoms in total. The Morgan fingerprint density at radius 1 is 1.30 bits per heavy atom. The van der Waals surface area contributed by atoms with Gasteiger partial charge < -0.3 is 4.90 Å². The molecule has 1 aliphatic rings. The quantitative estimate of drug-likeness (QED) is 0.763. The maximum atomic E-state index is 12.4. The van der Waals surface area contributed by atoms with Crippen LogP contribution < -0.4 is 0 Å². The fourth-order valence-electron chi connectivity index (χ4n) is 2.74. The van der Waals surface area contributed by atoms with E-state index in [1.807, 2.05) is 18.2 Å². The van der Waals surface area contributed by atoms with Crippen molar-refractivity contribution in [2.24, 2.45) is 5.92 Å². The first kappa shape index (κ1) is 17.8. The summed E-state index contributed by atoms with van der Waals surface area (Å²) in [6.07, 6.45) is 2.93. The van der Waals surface area contributed by atoms with E-state index in [1.54, 1.807) is 20.3 Å². The van der Waals surface area contributed by atoms with E-state index in [-0.39, 0.29) is 18.4 Å². The predicted molar refractivity (Wildman–Crippen MR) is 88.1 cm³/mol. The van der Waals surface area contributed by atoms with Crippen molar-refractivity contribution in [3.63, 3.8) is 0 Å². The molecule has 2 rings (SSSR count). The second-order valence-electron chi connectivity index (χ2n) is 6.11. The zero-order valence-electron chi connectivity index (χ0n) is 13.8. The number of rotatable bonds is 4. The molecule has 128 valence electrons. The van der Waals surface area contributed by atoms with E-state index in [0.717, 1.165) is 5.69 Å². The Kier molecular flexibility index (Phi) is 5.72. The molecule has 0 N–H and O–H groups in total. The van der Waals surface area contributed by atoms with Crippen LogP contribution in [0.3, 0.4) is 0 Å². The van der Waals surface area contributed by atoms with Gasteiger partial charge in [0, 0.05) is 53.0 Å². The number of sulfonamides is 1. The second-order valence-corrected chi connectivity index (χ2v) is 8.09. The van der Waals surface area contributed by atoms with Crippen LogP contribution in [0.5, 0.6) is 0 Å². The number of hydrogen-bond acceptors (Lipinski definition) is 5. The van der Waals surface area contributed by atoms with Gasteiger partial charge in [0.2, 0.25) is 15.9 Å². The van der Waals surface area contributed by atoms with Gasteiger partial charge in [0.15, 0.2) is 0 Å². The van der Waals surface area contributed by atoms with Gasteiger partial charge in [0.25, 0.3) is 0 Å². The second kappa shape index (κ2) is 7.37. The van der Waals surface area contributed by atoms with Gasteiger partial charge in [-0.05, 0) is 12.1 Å². The monoisotopic (exact) mass is 340 g/mol. The van der Waals surface area contributed by atoms with Gasteiger partial charge in [-0.1, -0.05) is 6.07 Å². The lowest BCUT2D eigenvalue weighted by Gasteiger charge is -2.25. The normalized spacial score (nSPS) is 20.9. The molecule has 1 atom stereocenters. The van der Waals surface area contributed by atoms with E-state index in [4.69, 9.17) is 0 Å². The van der Waals surface area contributed by atoms with E-state index in [2.05, 4.69) is 9.88 Å². The minimum Gasteiger partial charge on any atom is -0.348 e. The largest absolute Gasteiger partial charge is 0.348 e. The summed E-state index contributed by atoms with van der Waals surface area (Å²) < 4.78 is 25.2. The summed E-state index contributed by atoms with van der Waals surface area (Å²) in [6.45, 7) is 2.34. The van der Waals surface area contributed by atoms with E-state index in [0.29, 0.717) is 26.2 Å². The maximum Gasteiger partial charge on any atom is 0.227 e.